The maximum absolute atomic E-state index is 13.9. The van der Waals surface area contributed by atoms with Crippen molar-refractivity contribution in [2.45, 2.75) is 18.6 Å². The summed E-state index contributed by atoms with van der Waals surface area (Å²) in [6.45, 7) is 1.85. The molecule has 1 spiro atoms. The van der Waals surface area contributed by atoms with Crippen LogP contribution in [-0.4, -0.2) is 29.0 Å². The maximum atomic E-state index is 13.9. The molecule has 3 atom stereocenters. The van der Waals surface area contributed by atoms with Gasteiger partial charge in [0.25, 0.3) is 0 Å². The summed E-state index contributed by atoms with van der Waals surface area (Å²) in [4.78, 5) is 56.3. The summed E-state index contributed by atoms with van der Waals surface area (Å²) in [6, 6.07) is 18.1. The van der Waals surface area contributed by atoms with Gasteiger partial charge in [-0.2, -0.15) is 0 Å². The van der Waals surface area contributed by atoms with Gasteiger partial charge in [0.1, 0.15) is 0 Å². The molecule has 0 aromatic heterocycles. The highest BCUT2D eigenvalue weighted by Gasteiger charge is 2.74. The summed E-state index contributed by atoms with van der Waals surface area (Å²) in [6.07, 6.45) is -0.965. The summed E-state index contributed by atoms with van der Waals surface area (Å²) in [5.41, 5.74) is -0.0494. The fourth-order valence-corrected chi connectivity index (χ4v) is 5.88. The number of anilines is 1. The van der Waals surface area contributed by atoms with Crippen LogP contribution in [0.15, 0.2) is 66.7 Å². The van der Waals surface area contributed by atoms with Gasteiger partial charge in [0.05, 0.1) is 33.7 Å². The molecule has 2 heterocycles. The molecule has 0 unspecified atom stereocenters. The molecular weight excluding hydrogens is 489 g/mol. The van der Waals surface area contributed by atoms with Gasteiger partial charge in [-0.1, -0.05) is 71.7 Å². The molecule has 3 aliphatic rings. The molecule has 6 nitrogen and oxygen atoms in total. The van der Waals surface area contributed by atoms with Crippen LogP contribution >= 0.6 is 23.2 Å². The number of rotatable bonds is 2. The van der Waals surface area contributed by atoms with Gasteiger partial charge in [0, 0.05) is 11.1 Å². The highest BCUT2D eigenvalue weighted by atomic mass is 35.5. The topological polar surface area (TPSA) is 80.8 Å². The van der Waals surface area contributed by atoms with Crippen LogP contribution in [0.25, 0.3) is 0 Å². The quantitative estimate of drug-likeness (QED) is 0.361. The van der Waals surface area contributed by atoms with Crippen molar-refractivity contribution < 1.29 is 23.9 Å². The van der Waals surface area contributed by atoms with Gasteiger partial charge in [0.15, 0.2) is 0 Å². The Hall–Kier alpha value is -3.32. The summed E-state index contributed by atoms with van der Waals surface area (Å²) in [7, 11) is 0. The van der Waals surface area contributed by atoms with Gasteiger partial charge >= 0.3 is 0 Å². The molecule has 8 heteroatoms. The minimum Gasteiger partial charge on any atom is -0.349 e. The van der Waals surface area contributed by atoms with Gasteiger partial charge in [-0.05, 0) is 36.2 Å². The first kappa shape index (κ1) is 22.2. The van der Waals surface area contributed by atoms with E-state index in [1.165, 1.54) is 18.2 Å². The highest BCUT2D eigenvalue weighted by Crippen LogP contribution is 2.58. The average Bonchev–Trinajstić information content (AvgIpc) is 3.41. The SMILES string of the molecule is Cc1ccccc1[C@@H]1OC2(C(=O)c3ccccc3C2=O)[C@@H]2C(=O)N(c3ccc(Cl)c(Cl)c3)C(=O)[C@@H]21. The van der Waals surface area contributed by atoms with E-state index in [-0.39, 0.29) is 26.9 Å². The molecule has 0 saturated carbocycles. The van der Waals surface area contributed by atoms with Crippen molar-refractivity contribution in [1.82, 2.24) is 0 Å². The first-order valence-electron chi connectivity index (χ1n) is 11.0. The van der Waals surface area contributed by atoms with Crippen molar-refractivity contribution in [2.24, 2.45) is 11.8 Å². The lowest BCUT2D eigenvalue weighted by Crippen LogP contribution is -2.51. The zero-order valence-corrected chi connectivity index (χ0v) is 19.8. The molecule has 0 radical (unpaired) electrons. The third-order valence-corrected chi connectivity index (χ3v) is 7.91. The normalized spacial score (nSPS) is 24.4. The predicted molar refractivity (Wildman–Crippen MR) is 129 cm³/mol. The molecule has 6 rings (SSSR count). The third-order valence-electron chi connectivity index (χ3n) is 7.18. The Morgan fingerprint density at radius 2 is 1.43 bits per heavy atom. The van der Waals surface area contributed by atoms with Crippen LogP contribution in [0.4, 0.5) is 5.69 Å². The van der Waals surface area contributed by atoms with Crippen LogP contribution in [0.1, 0.15) is 37.9 Å². The lowest BCUT2D eigenvalue weighted by atomic mass is 9.77. The first-order chi connectivity index (χ1) is 16.8. The van der Waals surface area contributed by atoms with Crippen LogP contribution in [0.3, 0.4) is 0 Å². The highest BCUT2D eigenvalue weighted by molar-refractivity contribution is 6.42. The van der Waals surface area contributed by atoms with Gasteiger partial charge < -0.3 is 4.74 Å². The molecule has 3 aromatic carbocycles. The number of Topliss-reactive ketones (excluding diaryl/α,β-unsaturated/α-hetero) is 2. The van der Waals surface area contributed by atoms with E-state index in [9.17, 15) is 19.2 Å². The number of carbonyl (C=O) groups excluding carboxylic acids is 4. The summed E-state index contributed by atoms with van der Waals surface area (Å²) in [5, 5.41) is 0.438. The fourth-order valence-electron chi connectivity index (χ4n) is 5.58. The molecule has 2 amide bonds. The zero-order valence-electron chi connectivity index (χ0n) is 18.3. The number of imide groups is 1. The Balaban J connectivity index is 1.56. The van der Waals surface area contributed by atoms with E-state index >= 15 is 0 Å². The Morgan fingerprint density at radius 3 is 2.06 bits per heavy atom. The fraction of sp³-hybridized carbons (Fsp3) is 0.185. The Labute approximate surface area is 210 Å². The number of hydrogen-bond acceptors (Lipinski definition) is 5. The summed E-state index contributed by atoms with van der Waals surface area (Å²) in [5.74, 6) is -4.81. The van der Waals surface area contributed by atoms with Gasteiger partial charge in [-0.25, -0.2) is 4.90 Å². The van der Waals surface area contributed by atoms with Gasteiger partial charge in [-0.3, -0.25) is 19.2 Å². The number of amides is 2. The second kappa shape index (κ2) is 7.59. The van der Waals surface area contributed by atoms with E-state index in [1.807, 2.05) is 19.1 Å². The number of aryl methyl sites for hydroxylation is 1. The van der Waals surface area contributed by atoms with Gasteiger partial charge in [0.2, 0.25) is 29.0 Å². The average molecular weight is 506 g/mol. The number of hydrogen-bond donors (Lipinski definition) is 0. The molecule has 2 fully saturated rings. The second-order valence-electron chi connectivity index (χ2n) is 8.95. The van der Waals surface area contributed by atoms with Crippen LogP contribution in [0, 0.1) is 18.8 Å². The molecule has 2 aliphatic heterocycles. The molecule has 2 saturated heterocycles. The lowest BCUT2D eigenvalue weighted by Gasteiger charge is -2.27. The number of ketones is 2. The zero-order chi connectivity index (χ0) is 24.6. The first-order valence-corrected chi connectivity index (χ1v) is 11.8. The van der Waals surface area contributed by atoms with E-state index in [0.717, 1.165) is 10.5 Å². The molecular formula is C27H17Cl2NO5. The monoisotopic (exact) mass is 505 g/mol. The van der Waals surface area contributed by atoms with Crippen molar-refractivity contribution in [2.75, 3.05) is 4.90 Å². The van der Waals surface area contributed by atoms with Crippen molar-refractivity contribution in [3.05, 3.63) is 99.0 Å². The van der Waals surface area contributed by atoms with Gasteiger partial charge in [-0.15, -0.1) is 0 Å². The largest absolute Gasteiger partial charge is 0.349 e. The standard InChI is InChI=1S/C27H17Cl2NO5/c1-13-6-2-3-7-15(13)22-20-21(26(34)30(25(20)33)14-10-11-18(28)19(29)12-14)27(35-22)23(31)16-8-4-5-9-17(16)24(27)32/h2-12,20-22H,1H3/t20-,21-,22-/m0/s1. The Morgan fingerprint density at radius 1 is 0.800 bits per heavy atom. The summed E-state index contributed by atoms with van der Waals surface area (Å²) < 4.78 is 6.30. The van der Waals surface area contributed by atoms with Crippen LogP contribution in [-0.2, 0) is 14.3 Å². The molecule has 174 valence electrons. The number of fused-ring (bicyclic) bond motifs is 3. The Kier molecular flexibility index (Phi) is 4.81. The summed E-state index contributed by atoms with van der Waals surface area (Å²) >= 11 is 12.2. The minimum absolute atomic E-state index is 0.170. The molecule has 3 aromatic rings. The van der Waals surface area contributed by atoms with Crippen molar-refractivity contribution in [3.8, 4) is 0 Å². The molecule has 0 N–H and O–H groups in total. The van der Waals surface area contributed by atoms with E-state index in [4.69, 9.17) is 27.9 Å². The number of halogens is 2. The number of ether oxygens (including phenoxy) is 1. The third kappa shape index (κ3) is 2.82. The van der Waals surface area contributed by atoms with E-state index < -0.39 is 46.9 Å². The van der Waals surface area contributed by atoms with Crippen molar-refractivity contribution in [3.63, 3.8) is 0 Å². The smallest absolute Gasteiger partial charge is 0.241 e. The van der Waals surface area contributed by atoms with E-state index in [2.05, 4.69) is 0 Å². The molecule has 35 heavy (non-hydrogen) atoms. The maximum Gasteiger partial charge on any atom is 0.241 e. The number of nitrogens with zero attached hydrogens (tertiary/aromatic N) is 1. The lowest BCUT2D eigenvalue weighted by molar-refractivity contribution is -0.127. The number of benzene rings is 3. The number of carbonyl (C=O) groups is 4. The predicted octanol–water partition coefficient (Wildman–Crippen LogP) is 5.00. The van der Waals surface area contributed by atoms with Crippen LogP contribution in [0.5, 0.6) is 0 Å². The minimum atomic E-state index is -2.11. The molecule has 0 bridgehead atoms. The van der Waals surface area contributed by atoms with E-state index in [0.29, 0.717) is 5.56 Å². The Bertz CT molecular complexity index is 1450. The van der Waals surface area contributed by atoms with Crippen molar-refractivity contribution >= 4 is 52.3 Å². The molecule has 1 aliphatic carbocycles. The second-order valence-corrected chi connectivity index (χ2v) is 9.76. The van der Waals surface area contributed by atoms with E-state index in [1.54, 1.807) is 36.4 Å². The van der Waals surface area contributed by atoms with Crippen LogP contribution < -0.4 is 4.90 Å². The van der Waals surface area contributed by atoms with Crippen molar-refractivity contribution in [1.29, 1.82) is 0 Å². The van der Waals surface area contributed by atoms with Crippen LogP contribution in [0.2, 0.25) is 10.0 Å².